The molecule has 1 amide bonds. The maximum absolute atomic E-state index is 13.1. The van der Waals surface area contributed by atoms with Crippen LogP contribution in [0.4, 0.5) is 5.82 Å². The lowest BCUT2D eigenvalue weighted by Crippen LogP contribution is -2.44. The predicted octanol–water partition coefficient (Wildman–Crippen LogP) is 4.64. The molecule has 0 radical (unpaired) electrons. The van der Waals surface area contributed by atoms with Crippen LogP contribution in [0, 0.1) is 11.8 Å². The third-order valence-corrected chi connectivity index (χ3v) is 9.83. The molecule has 4 aliphatic rings. The third-order valence-electron chi connectivity index (χ3n) is 8.64. The van der Waals surface area contributed by atoms with E-state index >= 15 is 0 Å². The largest absolute Gasteiger partial charge is 0.356 e. The topological polar surface area (TPSA) is 52.6 Å². The summed E-state index contributed by atoms with van der Waals surface area (Å²) >= 11 is 1.91. The van der Waals surface area contributed by atoms with Crippen LogP contribution in [0.3, 0.4) is 0 Å². The van der Waals surface area contributed by atoms with Crippen molar-refractivity contribution in [2.45, 2.75) is 77.7 Å². The van der Waals surface area contributed by atoms with Crippen LogP contribution in [0.25, 0.3) is 10.2 Å². The number of rotatable bonds is 4. The molecule has 1 aliphatic carbocycles. The smallest absolute Gasteiger partial charge is 0.225 e. The first-order chi connectivity index (χ1) is 16.7. The summed E-state index contributed by atoms with van der Waals surface area (Å²) in [7, 11) is 0. The number of aryl methyl sites for hydroxylation is 2. The molecule has 5 heterocycles. The number of hydrogen-bond donors (Lipinski definition) is 0. The van der Waals surface area contributed by atoms with Gasteiger partial charge in [0.25, 0.3) is 0 Å². The summed E-state index contributed by atoms with van der Waals surface area (Å²) in [4.78, 5) is 33.3. The maximum Gasteiger partial charge on any atom is 0.225 e. The van der Waals surface area contributed by atoms with Gasteiger partial charge in [-0.1, -0.05) is 6.92 Å². The Morgan fingerprint density at radius 3 is 2.44 bits per heavy atom. The van der Waals surface area contributed by atoms with Gasteiger partial charge in [0.1, 0.15) is 16.5 Å². The van der Waals surface area contributed by atoms with Gasteiger partial charge in [0.05, 0.1) is 11.9 Å². The summed E-state index contributed by atoms with van der Waals surface area (Å²) in [5.41, 5.74) is 1.51. The molecule has 3 aliphatic heterocycles. The van der Waals surface area contributed by atoms with Crippen molar-refractivity contribution in [3.63, 3.8) is 0 Å². The standard InChI is InChI=1S/C27H39N5OS/c1-19-8-14-30(15-9-19)18-23-28-25(24-21-6-5-7-22(21)34-26(24)29-23)31-16-10-20(11-17-31)27(33)32-12-3-2-4-13-32/h19-20H,2-18H2,1H3. The van der Waals surface area contributed by atoms with Gasteiger partial charge in [-0.05, 0) is 88.8 Å². The number of nitrogens with zero attached hydrogens (tertiary/aromatic N) is 5. The van der Waals surface area contributed by atoms with Crippen molar-refractivity contribution in [3.8, 4) is 0 Å². The molecule has 2 aromatic rings. The molecule has 2 aromatic heterocycles. The number of likely N-dealkylation sites (tertiary alicyclic amines) is 2. The Bertz CT molecular complexity index is 1030. The van der Waals surface area contributed by atoms with Crippen molar-refractivity contribution >= 4 is 33.3 Å². The van der Waals surface area contributed by atoms with Gasteiger partial charge in [0, 0.05) is 37.0 Å². The van der Waals surface area contributed by atoms with Gasteiger partial charge < -0.3 is 9.80 Å². The highest BCUT2D eigenvalue weighted by Crippen LogP contribution is 2.41. The second kappa shape index (κ2) is 9.73. The van der Waals surface area contributed by atoms with E-state index in [9.17, 15) is 4.79 Å². The van der Waals surface area contributed by atoms with Crippen LogP contribution in [0.1, 0.15) is 74.6 Å². The highest BCUT2D eigenvalue weighted by Gasteiger charge is 2.32. The summed E-state index contributed by atoms with van der Waals surface area (Å²) in [6.07, 6.45) is 11.7. The minimum atomic E-state index is 0.190. The van der Waals surface area contributed by atoms with Crippen LogP contribution in [-0.4, -0.2) is 64.9 Å². The third kappa shape index (κ3) is 4.46. The fraction of sp³-hybridized carbons (Fsp3) is 0.741. The first kappa shape index (κ1) is 22.7. The molecule has 0 N–H and O–H groups in total. The van der Waals surface area contributed by atoms with Crippen molar-refractivity contribution < 1.29 is 4.79 Å². The van der Waals surface area contributed by atoms with Crippen LogP contribution >= 0.6 is 11.3 Å². The van der Waals surface area contributed by atoms with Gasteiger partial charge in [-0.15, -0.1) is 11.3 Å². The van der Waals surface area contributed by atoms with E-state index in [2.05, 4.69) is 21.6 Å². The zero-order valence-electron chi connectivity index (χ0n) is 20.7. The molecule has 3 saturated heterocycles. The lowest BCUT2D eigenvalue weighted by molar-refractivity contribution is -0.137. The van der Waals surface area contributed by atoms with Gasteiger partial charge in [0.15, 0.2) is 0 Å². The van der Waals surface area contributed by atoms with Crippen molar-refractivity contribution in [2.75, 3.05) is 44.2 Å². The van der Waals surface area contributed by atoms with Gasteiger partial charge in [-0.2, -0.15) is 0 Å². The molecule has 184 valence electrons. The Morgan fingerprint density at radius 2 is 1.68 bits per heavy atom. The molecule has 0 spiro atoms. The normalized spacial score (nSPS) is 23.1. The van der Waals surface area contributed by atoms with Crippen LogP contribution < -0.4 is 4.90 Å². The summed E-state index contributed by atoms with van der Waals surface area (Å²) in [5.74, 6) is 3.58. The highest BCUT2D eigenvalue weighted by molar-refractivity contribution is 7.19. The Balaban J connectivity index is 1.23. The molecular weight excluding hydrogens is 442 g/mol. The van der Waals surface area contributed by atoms with Crippen molar-refractivity contribution in [3.05, 3.63) is 16.3 Å². The molecule has 0 atom stereocenters. The van der Waals surface area contributed by atoms with Gasteiger partial charge >= 0.3 is 0 Å². The molecule has 0 bridgehead atoms. The highest BCUT2D eigenvalue weighted by atomic mass is 32.1. The lowest BCUT2D eigenvalue weighted by atomic mass is 9.94. The van der Waals surface area contributed by atoms with E-state index in [4.69, 9.17) is 9.97 Å². The maximum atomic E-state index is 13.1. The molecule has 6 rings (SSSR count). The number of anilines is 1. The summed E-state index contributed by atoms with van der Waals surface area (Å²) in [6, 6.07) is 0. The monoisotopic (exact) mass is 481 g/mol. The second-order valence-electron chi connectivity index (χ2n) is 11.1. The number of fused-ring (bicyclic) bond motifs is 3. The number of amides is 1. The number of piperidine rings is 3. The van der Waals surface area contributed by atoms with Crippen molar-refractivity contribution in [1.82, 2.24) is 19.8 Å². The number of aromatic nitrogens is 2. The average Bonchev–Trinajstić information content (AvgIpc) is 3.46. The van der Waals surface area contributed by atoms with Crippen LogP contribution in [0.15, 0.2) is 0 Å². The van der Waals surface area contributed by atoms with E-state index in [0.717, 1.165) is 76.2 Å². The van der Waals surface area contributed by atoms with Gasteiger partial charge in [-0.25, -0.2) is 9.97 Å². The predicted molar refractivity (Wildman–Crippen MR) is 138 cm³/mol. The van der Waals surface area contributed by atoms with Crippen molar-refractivity contribution in [1.29, 1.82) is 0 Å². The van der Waals surface area contributed by atoms with Crippen LogP contribution in [-0.2, 0) is 24.2 Å². The summed E-state index contributed by atoms with van der Waals surface area (Å²) in [6.45, 7) is 9.33. The number of carbonyl (C=O) groups excluding carboxylic acids is 1. The van der Waals surface area contributed by atoms with Crippen LogP contribution in [0.2, 0.25) is 0 Å². The fourth-order valence-electron chi connectivity index (χ4n) is 6.45. The van der Waals surface area contributed by atoms with E-state index in [1.54, 1.807) is 0 Å². The van der Waals surface area contributed by atoms with E-state index in [0.29, 0.717) is 5.91 Å². The Morgan fingerprint density at radius 1 is 0.912 bits per heavy atom. The fourth-order valence-corrected chi connectivity index (χ4v) is 7.72. The Kier molecular flexibility index (Phi) is 6.50. The first-order valence-corrected chi connectivity index (χ1v) is 14.5. The van der Waals surface area contributed by atoms with Gasteiger partial charge in [-0.3, -0.25) is 9.69 Å². The summed E-state index contributed by atoms with van der Waals surface area (Å²) in [5, 5.41) is 1.33. The first-order valence-electron chi connectivity index (χ1n) is 13.7. The second-order valence-corrected chi connectivity index (χ2v) is 12.2. The number of thiophene rings is 1. The quantitative estimate of drug-likeness (QED) is 0.637. The van der Waals surface area contributed by atoms with Crippen molar-refractivity contribution in [2.24, 2.45) is 11.8 Å². The number of carbonyl (C=O) groups is 1. The van der Waals surface area contributed by atoms with E-state index in [1.807, 2.05) is 11.3 Å². The molecule has 0 unspecified atom stereocenters. The molecular formula is C27H39N5OS. The van der Waals surface area contributed by atoms with Gasteiger partial charge in [0.2, 0.25) is 5.91 Å². The minimum Gasteiger partial charge on any atom is -0.356 e. The summed E-state index contributed by atoms with van der Waals surface area (Å²) < 4.78 is 0. The van der Waals surface area contributed by atoms with E-state index in [-0.39, 0.29) is 5.92 Å². The molecule has 34 heavy (non-hydrogen) atoms. The Labute approximate surface area is 207 Å². The molecule has 6 nitrogen and oxygen atoms in total. The van der Waals surface area contributed by atoms with E-state index < -0.39 is 0 Å². The zero-order chi connectivity index (χ0) is 23.1. The molecule has 0 aromatic carbocycles. The Hall–Kier alpha value is -1.73. The molecule has 0 saturated carbocycles. The molecule has 7 heteroatoms. The number of hydrogen-bond acceptors (Lipinski definition) is 6. The SMILES string of the molecule is CC1CCN(Cc2nc(N3CCC(C(=O)N4CCCCC4)CC3)c3c4c(sc3n2)CCC4)CC1. The van der Waals surface area contributed by atoms with Crippen LogP contribution in [0.5, 0.6) is 0 Å². The zero-order valence-corrected chi connectivity index (χ0v) is 21.5. The van der Waals surface area contributed by atoms with E-state index in [1.165, 1.54) is 72.0 Å². The lowest BCUT2D eigenvalue weighted by Gasteiger charge is -2.36. The average molecular weight is 482 g/mol. The minimum absolute atomic E-state index is 0.190. The molecule has 3 fully saturated rings.